The van der Waals surface area contributed by atoms with Gasteiger partial charge in [-0.25, -0.2) is 0 Å². The molecule has 0 bridgehead atoms. The number of nitriles is 1. The number of carbonyl (C=O) groups excluding carboxylic acids is 1. The van der Waals surface area contributed by atoms with Gasteiger partial charge in [0.1, 0.15) is 0 Å². The number of anilines is 1. The number of halogens is 1. The van der Waals surface area contributed by atoms with Gasteiger partial charge in [-0.05, 0) is 35.9 Å². The minimum atomic E-state index is -0.0297. The van der Waals surface area contributed by atoms with E-state index < -0.39 is 0 Å². The molecule has 2 rings (SSSR count). The van der Waals surface area contributed by atoms with Gasteiger partial charge in [-0.1, -0.05) is 40.2 Å². The Morgan fingerprint density at radius 1 is 1.28 bits per heavy atom. The van der Waals surface area contributed by atoms with E-state index in [0.717, 1.165) is 15.7 Å². The molecule has 0 aromatic heterocycles. The number of benzene rings is 2. The van der Waals surface area contributed by atoms with Crippen molar-refractivity contribution in [1.82, 2.24) is 4.90 Å². The summed E-state index contributed by atoms with van der Waals surface area (Å²) in [5.41, 5.74) is 2.47. The number of nitrogens with zero attached hydrogens (tertiary/aromatic N) is 2. The maximum Gasteiger partial charge on any atom is 0.225 e. The molecule has 5 heteroatoms. The van der Waals surface area contributed by atoms with Gasteiger partial charge >= 0.3 is 0 Å². The number of amides is 1. The van der Waals surface area contributed by atoms with Crippen LogP contribution in [0.2, 0.25) is 0 Å². The van der Waals surface area contributed by atoms with Crippen LogP contribution in [0.5, 0.6) is 0 Å². The molecule has 0 unspecified atom stereocenters. The first-order valence-electron chi connectivity index (χ1n) is 7.98. The zero-order chi connectivity index (χ0) is 18.1. The third-order valence-corrected chi connectivity index (χ3v) is 4.11. The van der Waals surface area contributed by atoms with E-state index in [9.17, 15) is 4.79 Å². The molecule has 0 saturated carbocycles. The monoisotopic (exact) mass is 397 g/mol. The van der Waals surface area contributed by atoms with Crippen LogP contribution in [0.4, 0.5) is 5.69 Å². The molecule has 0 spiro atoms. The summed E-state index contributed by atoms with van der Waals surface area (Å²) in [6, 6.07) is 17.2. The zero-order valence-electron chi connectivity index (χ0n) is 13.9. The molecule has 1 N–H and O–H groups in total. The molecule has 0 heterocycles. The molecule has 0 aliphatic rings. The predicted molar refractivity (Wildman–Crippen MR) is 104 cm³/mol. The van der Waals surface area contributed by atoms with Gasteiger partial charge < -0.3 is 5.32 Å². The quantitative estimate of drug-likeness (QED) is 0.674. The highest BCUT2D eigenvalue weighted by Gasteiger charge is 2.09. The average molecular weight is 398 g/mol. The fourth-order valence-corrected chi connectivity index (χ4v) is 2.86. The Hall–Kier alpha value is -2.42. The molecule has 128 valence electrons. The maximum atomic E-state index is 12.2. The van der Waals surface area contributed by atoms with Crippen molar-refractivity contribution in [3.05, 3.63) is 76.8 Å². The highest BCUT2D eigenvalue weighted by molar-refractivity contribution is 9.10. The summed E-state index contributed by atoms with van der Waals surface area (Å²) < 4.78 is 0.927. The van der Waals surface area contributed by atoms with Gasteiger partial charge in [0, 0.05) is 36.2 Å². The summed E-state index contributed by atoms with van der Waals surface area (Å²) in [5.74, 6) is -0.0297. The summed E-state index contributed by atoms with van der Waals surface area (Å²) in [6.45, 7) is 5.75. The second kappa shape index (κ2) is 9.77. The Labute approximate surface area is 156 Å². The molecule has 0 aliphatic heterocycles. The molecule has 0 saturated heterocycles. The summed E-state index contributed by atoms with van der Waals surface area (Å²) in [7, 11) is 0. The van der Waals surface area contributed by atoms with Crippen LogP contribution >= 0.6 is 15.9 Å². The Morgan fingerprint density at radius 2 is 2.08 bits per heavy atom. The minimum absolute atomic E-state index is 0.0297. The predicted octanol–water partition coefficient (Wildman–Crippen LogP) is 4.34. The molecule has 4 nitrogen and oxygen atoms in total. The Morgan fingerprint density at radius 3 is 2.80 bits per heavy atom. The van der Waals surface area contributed by atoms with Crippen LogP contribution in [0.15, 0.2) is 65.7 Å². The molecule has 2 aromatic rings. The number of nitrogens with one attached hydrogen (secondary N) is 1. The van der Waals surface area contributed by atoms with E-state index in [4.69, 9.17) is 5.26 Å². The van der Waals surface area contributed by atoms with Crippen molar-refractivity contribution in [3.63, 3.8) is 0 Å². The first-order valence-corrected chi connectivity index (χ1v) is 8.77. The number of carbonyl (C=O) groups is 1. The summed E-state index contributed by atoms with van der Waals surface area (Å²) in [5, 5.41) is 11.9. The van der Waals surface area contributed by atoms with Crippen LogP contribution in [-0.2, 0) is 11.3 Å². The van der Waals surface area contributed by atoms with Crippen molar-refractivity contribution in [1.29, 1.82) is 5.26 Å². The van der Waals surface area contributed by atoms with Crippen LogP contribution in [0, 0.1) is 11.3 Å². The lowest BCUT2D eigenvalue weighted by Gasteiger charge is -2.20. The molecule has 2 aromatic carbocycles. The van der Waals surface area contributed by atoms with Gasteiger partial charge in [0.05, 0.1) is 11.6 Å². The van der Waals surface area contributed by atoms with E-state index in [1.165, 1.54) is 0 Å². The summed E-state index contributed by atoms with van der Waals surface area (Å²) in [6.07, 6.45) is 2.21. The maximum absolute atomic E-state index is 12.2. The second-order valence-electron chi connectivity index (χ2n) is 5.64. The molecule has 0 fully saturated rings. The van der Waals surface area contributed by atoms with Gasteiger partial charge in [-0.2, -0.15) is 5.26 Å². The summed E-state index contributed by atoms with van der Waals surface area (Å²) in [4.78, 5) is 14.3. The largest absolute Gasteiger partial charge is 0.326 e. The van der Waals surface area contributed by atoms with Crippen molar-refractivity contribution in [2.45, 2.75) is 13.0 Å². The van der Waals surface area contributed by atoms with Gasteiger partial charge in [0.15, 0.2) is 0 Å². The third-order valence-electron chi connectivity index (χ3n) is 3.61. The standard InChI is InChI=1S/C20H20BrN3O/c1-2-10-24(15-17-6-3-5-16(12-17)14-22)11-9-20(25)23-19-8-4-7-18(21)13-19/h2-8,12-13H,1,9-11,15H2,(H,23,25). The lowest BCUT2D eigenvalue weighted by Crippen LogP contribution is -2.27. The van der Waals surface area contributed by atoms with E-state index in [1.807, 2.05) is 48.5 Å². The second-order valence-corrected chi connectivity index (χ2v) is 6.56. The Balaban J connectivity index is 1.91. The molecular weight excluding hydrogens is 378 g/mol. The first-order chi connectivity index (χ1) is 12.1. The fourth-order valence-electron chi connectivity index (χ4n) is 2.46. The van der Waals surface area contributed by atoms with Crippen molar-refractivity contribution >= 4 is 27.5 Å². The van der Waals surface area contributed by atoms with E-state index in [2.05, 4.69) is 38.8 Å². The topological polar surface area (TPSA) is 56.1 Å². The SMILES string of the molecule is C=CCN(CCC(=O)Nc1cccc(Br)c1)Cc1cccc(C#N)c1. The smallest absolute Gasteiger partial charge is 0.225 e. The lowest BCUT2D eigenvalue weighted by atomic mass is 10.1. The molecule has 0 atom stereocenters. The number of hydrogen-bond donors (Lipinski definition) is 1. The van der Waals surface area contributed by atoms with Crippen LogP contribution < -0.4 is 5.32 Å². The fraction of sp³-hybridized carbons (Fsp3) is 0.200. The summed E-state index contributed by atoms with van der Waals surface area (Å²) >= 11 is 3.39. The van der Waals surface area contributed by atoms with Crippen LogP contribution in [-0.4, -0.2) is 23.9 Å². The minimum Gasteiger partial charge on any atom is -0.326 e. The lowest BCUT2D eigenvalue weighted by molar-refractivity contribution is -0.116. The van der Waals surface area contributed by atoms with Gasteiger partial charge in [0.25, 0.3) is 0 Å². The third kappa shape index (κ3) is 6.54. The van der Waals surface area contributed by atoms with Gasteiger partial charge in [0.2, 0.25) is 5.91 Å². The normalized spacial score (nSPS) is 10.3. The highest BCUT2D eigenvalue weighted by Crippen LogP contribution is 2.16. The van der Waals surface area contributed by atoms with E-state index in [0.29, 0.717) is 31.6 Å². The highest BCUT2D eigenvalue weighted by atomic mass is 79.9. The molecule has 0 aliphatic carbocycles. The van der Waals surface area contributed by atoms with E-state index in [-0.39, 0.29) is 5.91 Å². The van der Waals surface area contributed by atoms with Crippen molar-refractivity contribution in [2.75, 3.05) is 18.4 Å². The van der Waals surface area contributed by atoms with Crippen LogP contribution in [0.25, 0.3) is 0 Å². The van der Waals surface area contributed by atoms with Crippen molar-refractivity contribution in [3.8, 4) is 6.07 Å². The van der Waals surface area contributed by atoms with Crippen molar-refractivity contribution < 1.29 is 4.79 Å². The number of rotatable bonds is 8. The van der Waals surface area contributed by atoms with Crippen LogP contribution in [0.3, 0.4) is 0 Å². The van der Waals surface area contributed by atoms with Crippen LogP contribution in [0.1, 0.15) is 17.5 Å². The zero-order valence-corrected chi connectivity index (χ0v) is 15.5. The van der Waals surface area contributed by atoms with Crippen molar-refractivity contribution in [2.24, 2.45) is 0 Å². The van der Waals surface area contributed by atoms with E-state index in [1.54, 1.807) is 6.07 Å². The molecular formula is C20H20BrN3O. The number of hydrogen-bond acceptors (Lipinski definition) is 3. The Bertz CT molecular complexity index is 783. The van der Waals surface area contributed by atoms with Gasteiger partial charge in [-0.15, -0.1) is 6.58 Å². The molecule has 1 amide bonds. The Kier molecular flexibility index (Phi) is 7.39. The van der Waals surface area contributed by atoms with E-state index >= 15 is 0 Å². The molecule has 0 radical (unpaired) electrons. The average Bonchev–Trinajstić information content (AvgIpc) is 2.60. The van der Waals surface area contributed by atoms with Gasteiger partial charge in [-0.3, -0.25) is 9.69 Å². The molecule has 25 heavy (non-hydrogen) atoms. The first kappa shape index (κ1) is 18.9.